The van der Waals surface area contributed by atoms with Gasteiger partial charge in [-0.2, -0.15) is 0 Å². The first-order valence-electron chi connectivity index (χ1n) is 4.40. The van der Waals surface area contributed by atoms with Crippen LogP contribution in [0.4, 0.5) is 0 Å². The average molecular weight is 148 g/mol. The number of nitrogens with zero attached hydrogens (tertiary/aromatic N) is 1. The maximum atomic E-state index is 4.44. The van der Waals surface area contributed by atoms with E-state index in [0.717, 1.165) is 6.54 Å². The first-order valence-corrected chi connectivity index (χ1v) is 4.40. The van der Waals surface area contributed by atoms with Crippen LogP contribution in [-0.2, 0) is 0 Å². The number of aliphatic imine (C=N–C) groups is 1. The summed E-state index contributed by atoms with van der Waals surface area (Å²) in [6.45, 7) is 1.16. The van der Waals surface area contributed by atoms with Gasteiger partial charge in [0.1, 0.15) is 0 Å². The Kier molecular flexibility index (Phi) is 0.888. The van der Waals surface area contributed by atoms with Gasteiger partial charge in [0.25, 0.3) is 0 Å². The molecule has 0 aromatic heterocycles. The third kappa shape index (κ3) is 0.602. The van der Waals surface area contributed by atoms with Crippen molar-refractivity contribution in [3.05, 3.63) is 11.8 Å². The second-order valence-corrected chi connectivity index (χ2v) is 3.78. The zero-order valence-corrected chi connectivity index (χ0v) is 6.51. The Morgan fingerprint density at radius 2 is 2.64 bits per heavy atom. The Bertz CT molecular complexity index is 254. The summed E-state index contributed by atoms with van der Waals surface area (Å²) >= 11 is 0. The van der Waals surface area contributed by atoms with Crippen molar-refractivity contribution in [2.45, 2.75) is 25.3 Å². The van der Waals surface area contributed by atoms with Gasteiger partial charge in [0.2, 0.25) is 0 Å². The molecule has 2 atom stereocenters. The van der Waals surface area contributed by atoms with E-state index >= 15 is 0 Å². The lowest BCUT2D eigenvalue weighted by Gasteiger charge is -2.28. The Morgan fingerprint density at radius 3 is 3.55 bits per heavy atom. The molecular weight excluding hydrogens is 136 g/mol. The summed E-state index contributed by atoms with van der Waals surface area (Å²) in [5, 5.41) is 3.47. The van der Waals surface area contributed by atoms with Gasteiger partial charge in [-0.15, -0.1) is 0 Å². The second kappa shape index (κ2) is 1.68. The van der Waals surface area contributed by atoms with Crippen LogP contribution in [-0.4, -0.2) is 18.8 Å². The first-order chi connectivity index (χ1) is 5.42. The van der Waals surface area contributed by atoms with Crippen molar-refractivity contribution in [3.63, 3.8) is 0 Å². The van der Waals surface area contributed by atoms with Gasteiger partial charge in [-0.25, -0.2) is 0 Å². The molecule has 1 saturated heterocycles. The van der Waals surface area contributed by atoms with E-state index in [1.54, 1.807) is 0 Å². The third-order valence-corrected chi connectivity index (χ3v) is 3.19. The zero-order valence-electron chi connectivity index (χ0n) is 6.51. The Labute approximate surface area is 66.4 Å². The van der Waals surface area contributed by atoms with E-state index in [9.17, 15) is 0 Å². The highest BCUT2D eigenvalue weighted by Crippen LogP contribution is 2.58. The SMILES string of the molecule is C1=NC2CC23CCCNC3=C1. The highest BCUT2D eigenvalue weighted by molar-refractivity contribution is 5.75. The minimum atomic E-state index is 0.493. The lowest BCUT2D eigenvalue weighted by atomic mass is 9.90. The molecule has 1 spiro atoms. The molecule has 2 nitrogen and oxygen atoms in total. The molecule has 2 heterocycles. The number of rotatable bonds is 0. The summed E-state index contributed by atoms with van der Waals surface area (Å²) in [4.78, 5) is 4.44. The van der Waals surface area contributed by atoms with Gasteiger partial charge >= 0.3 is 0 Å². The molecule has 3 rings (SSSR count). The highest BCUT2D eigenvalue weighted by atomic mass is 15.0. The van der Waals surface area contributed by atoms with Crippen molar-refractivity contribution >= 4 is 6.21 Å². The van der Waals surface area contributed by atoms with Gasteiger partial charge in [-0.05, 0) is 25.3 Å². The first kappa shape index (κ1) is 5.81. The van der Waals surface area contributed by atoms with Gasteiger partial charge in [0.05, 0.1) is 6.04 Å². The van der Waals surface area contributed by atoms with Crippen molar-refractivity contribution in [1.29, 1.82) is 0 Å². The molecule has 0 aromatic carbocycles. The average Bonchev–Trinajstić information content (AvgIpc) is 2.75. The van der Waals surface area contributed by atoms with Gasteiger partial charge in [-0.3, -0.25) is 4.99 Å². The van der Waals surface area contributed by atoms with Gasteiger partial charge < -0.3 is 5.32 Å². The minimum absolute atomic E-state index is 0.493. The molecule has 1 aliphatic carbocycles. The summed E-state index contributed by atoms with van der Waals surface area (Å²) in [7, 11) is 0. The lowest BCUT2D eigenvalue weighted by molar-refractivity contribution is 0.413. The predicted octanol–water partition coefficient (Wildman–Crippen LogP) is 1.10. The smallest absolute Gasteiger partial charge is 0.0620 e. The Hall–Kier alpha value is -0.790. The minimum Gasteiger partial charge on any atom is -0.388 e. The fourth-order valence-electron chi connectivity index (χ4n) is 2.42. The summed E-state index contributed by atoms with van der Waals surface area (Å²) < 4.78 is 0. The van der Waals surface area contributed by atoms with E-state index in [2.05, 4.69) is 16.4 Å². The summed E-state index contributed by atoms with van der Waals surface area (Å²) in [6, 6.07) is 0.635. The van der Waals surface area contributed by atoms with Crippen molar-refractivity contribution in [2.24, 2.45) is 10.4 Å². The second-order valence-electron chi connectivity index (χ2n) is 3.78. The molecule has 58 valence electrons. The third-order valence-electron chi connectivity index (χ3n) is 3.19. The standard InChI is InChI=1S/C9H12N2/c1-3-9-6-8(9)11-5-2-7(9)10-4-1/h2,5,8,10H,1,3-4,6H2. The molecule has 0 aromatic rings. The monoisotopic (exact) mass is 148 g/mol. The van der Waals surface area contributed by atoms with Gasteiger partial charge in [0, 0.05) is 23.9 Å². The quantitative estimate of drug-likeness (QED) is 0.546. The summed E-state index contributed by atoms with van der Waals surface area (Å²) in [6.07, 6.45) is 8.09. The van der Waals surface area contributed by atoms with E-state index in [-0.39, 0.29) is 0 Å². The lowest BCUT2D eigenvalue weighted by Crippen LogP contribution is -2.31. The van der Waals surface area contributed by atoms with Crippen LogP contribution in [0, 0.1) is 5.41 Å². The molecule has 1 N–H and O–H groups in total. The normalized spacial score (nSPS) is 45.1. The molecule has 11 heavy (non-hydrogen) atoms. The molecule has 0 bridgehead atoms. The van der Waals surface area contributed by atoms with Gasteiger partial charge in [0.15, 0.2) is 0 Å². The van der Waals surface area contributed by atoms with Crippen molar-refractivity contribution < 1.29 is 0 Å². The zero-order chi connectivity index (χ0) is 7.31. The van der Waals surface area contributed by atoms with E-state index in [0.29, 0.717) is 11.5 Å². The van der Waals surface area contributed by atoms with Crippen LogP contribution >= 0.6 is 0 Å². The van der Waals surface area contributed by atoms with E-state index in [1.807, 2.05) is 6.21 Å². The predicted molar refractivity (Wildman–Crippen MR) is 44.6 cm³/mol. The number of nitrogens with one attached hydrogen (secondary N) is 1. The topological polar surface area (TPSA) is 24.4 Å². The van der Waals surface area contributed by atoms with Crippen molar-refractivity contribution in [1.82, 2.24) is 5.32 Å². The number of hydrogen-bond donors (Lipinski definition) is 1. The fraction of sp³-hybridized carbons (Fsp3) is 0.667. The Balaban J connectivity index is 2.02. The van der Waals surface area contributed by atoms with E-state index < -0.39 is 0 Å². The molecule has 2 aliphatic heterocycles. The van der Waals surface area contributed by atoms with Crippen molar-refractivity contribution in [3.8, 4) is 0 Å². The molecule has 1 saturated carbocycles. The van der Waals surface area contributed by atoms with E-state index in [1.165, 1.54) is 25.0 Å². The number of piperidine rings is 1. The van der Waals surface area contributed by atoms with Crippen LogP contribution in [0.25, 0.3) is 0 Å². The van der Waals surface area contributed by atoms with Crippen LogP contribution < -0.4 is 5.32 Å². The van der Waals surface area contributed by atoms with Crippen LogP contribution in [0.15, 0.2) is 16.8 Å². The molecule has 2 unspecified atom stereocenters. The van der Waals surface area contributed by atoms with Gasteiger partial charge in [-0.1, -0.05) is 0 Å². The molecule has 2 heteroatoms. The van der Waals surface area contributed by atoms with E-state index in [4.69, 9.17) is 0 Å². The van der Waals surface area contributed by atoms with Crippen LogP contribution in [0.2, 0.25) is 0 Å². The number of hydrogen-bond acceptors (Lipinski definition) is 2. The molecule has 0 amide bonds. The highest BCUT2D eigenvalue weighted by Gasteiger charge is 2.58. The van der Waals surface area contributed by atoms with Crippen LogP contribution in [0.5, 0.6) is 0 Å². The maximum absolute atomic E-state index is 4.44. The van der Waals surface area contributed by atoms with Crippen LogP contribution in [0.1, 0.15) is 19.3 Å². The van der Waals surface area contributed by atoms with Crippen molar-refractivity contribution in [2.75, 3.05) is 6.54 Å². The molecule has 3 aliphatic rings. The molecular formula is C9H12N2. The summed E-state index contributed by atoms with van der Waals surface area (Å²) in [5.74, 6) is 0. The molecule has 0 radical (unpaired) electrons. The number of allylic oxidation sites excluding steroid dienone is 1. The largest absolute Gasteiger partial charge is 0.388 e. The fourth-order valence-corrected chi connectivity index (χ4v) is 2.42. The Morgan fingerprint density at radius 1 is 1.64 bits per heavy atom. The maximum Gasteiger partial charge on any atom is 0.0620 e. The number of dihydropyridines is 1. The van der Waals surface area contributed by atoms with Crippen LogP contribution in [0.3, 0.4) is 0 Å². The summed E-state index contributed by atoms with van der Waals surface area (Å²) in [5.41, 5.74) is 1.95. The molecule has 2 fully saturated rings.